The van der Waals surface area contributed by atoms with Crippen molar-refractivity contribution in [2.24, 2.45) is 5.92 Å². The molecule has 2 unspecified atom stereocenters. The summed E-state index contributed by atoms with van der Waals surface area (Å²) < 4.78 is 13.2. The van der Waals surface area contributed by atoms with Gasteiger partial charge in [-0.2, -0.15) is 5.26 Å². The van der Waals surface area contributed by atoms with Crippen molar-refractivity contribution < 1.29 is 9.50 Å². The Hall–Kier alpha value is -1.44. The van der Waals surface area contributed by atoms with E-state index in [9.17, 15) is 9.50 Å². The van der Waals surface area contributed by atoms with Crippen LogP contribution in [0.3, 0.4) is 0 Å². The minimum atomic E-state index is -0.478. The minimum Gasteiger partial charge on any atom is -0.392 e. The highest BCUT2D eigenvalue weighted by molar-refractivity contribution is 5.34. The third-order valence-corrected chi connectivity index (χ3v) is 3.56. The van der Waals surface area contributed by atoms with E-state index in [1.165, 1.54) is 6.07 Å². The van der Waals surface area contributed by atoms with E-state index in [0.717, 1.165) is 18.5 Å². The maximum absolute atomic E-state index is 13.2. The molecule has 0 radical (unpaired) electrons. The lowest BCUT2D eigenvalue weighted by molar-refractivity contribution is 0.0259. The number of aliphatic hydroxyl groups is 1. The second-order valence-corrected chi connectivity index (χ2v) is 4.99. The number of hydrogen-bond acceptors (Lipinski definition) is 3. The third-order valence-electron chi connectivity index (χ3n) is 3.56. The highest BCUT2D eigenvalue weighted by Crippen LogP contribution is 2.19. The molecule has 1 aromatic carbocycles. The number of likely N-dealkylation sites (tertiary alicyclic amines) is 1. The van der Waals surface area contributed by atoms with Gasteiger partial charge in [-0.1, -0.05) is 13.0 Å². The molecule has 4 heteroatoms. The Kier molecular flexibility index (Phi) is 3.95. The van der Waals surface area contributed by atoms with Crippen LogP contribution in [0.15, 0.2) is 18.2 Å². The first-order valence-electron chi connectivity index (χ1n) is 6.19. The number of rotatable bonds is 2. The summed E-state index contributed by atoms with van der Waals surface area (Å²) in [7, 11) is 0. The Balaban J connectivity index is 2.04. The zero-order valence-corrected chi connectivity index (χ0v) is 10.4. The summed E-state index contributed by atoms with van der Waals surface area (Å²) in [5.41, 5.74) is 0.994. The maximum Gasteiger partial charge on any atom is 0.140 e. The molecule has 2 atom stereocenters. The van der Waals surface area contributed by atoms with Crippen molar-refractivity contribution in [3.63, 3.8) is 0 Å². The Labute approximate surface area is 106 Å². The molecule has 1 heterocycles. The number of β-amino-alcohol motifs (C(OH)–C–C–N with tert-alkyl or cyclic N) is 1. The van der Waals surface area contributed by atoms with Crippen molar-refractivity contribution in [1.29, 1.82) is 5.26 Å². The van der Waals surface area contributed by atoms with E-state index in [1.807, 2.05) is 13.0 Å². The van der Waals surface area contributed by atoms with Crippen LogP contribution in [0.2, 0.25) is 0 Å². The Morgan fingerprint density at radius 3 is 3.00 bits per heavy atom. The summed E-state index contributed by atoms with van der Waals surface area (Å²) in [5, 5.41) is 18.6. The lowest BCUT2D eigenvalue weighted by atomic mass is 9.95. The van der Waals surface area contributed by atoms with Gasteiger partial charge in [0, 0.05) is 13.1 Å². The van der Waals surface area contributed by atoms with E-state index in [1.54, 1.807) is 12.1 Å². The van der Waals surface area contributed by atoms with Gasteiger partial charge in [0.15, 0.2) is 0 Å². The normalized spacial score (nSPS) is 24.8. The molecule has 0 spiro atoms. The molecular weight excluding hydrogens is 231 g/mol. The molecule has 0 aromatic heterocycles. The van der Waals surface area contributed by atoms with Gasteiger partial charge in [0.2, 0.25) is 0 Å². The average Bonchev–Trinajstić information content (AvgIpc) is 2.36. The molecule has 1 N–H and O–H groups in total. The molecule has 0 amide bonds. The smallest absolute Gasteiger partial charge is 0.140 e. The highest BCUT2D eigenvalue weighted by atomic mass is 19.1. The Morgan fingerprint density at radius 1 is 1.56 bits per heavy atom. The van der Waals surface area contributed by atoms with Gasteiger partial charge in [0.25, 0.3) is 0 Å². The lowest BCUT2D eigenvalue weighted by Gasteiger charge is -2.34. The molecule has 3 nitrogen and oxygen atoms in total. The van der Waals surface area contributed by atoms with Gasteiger partial charge in [-0.25, -0.2) is 4.39 Å². The molecule has 96 valence electrons. The summed E-state index contributed by atoms with van der Waals surface area (Å²) in [6.45, 7) is 4.27. The van der Waals surface area contributed by atoms with E-state index in [4.69, 9.17) is 5.26 Å². The van der Waals surface area contributed by atoms with Crippen molar-refractivity contribution >= 4 is 0 Å². The molecule has 1 aromatic rings. The molecule has 1 saturated heterocycles. The fraction of sp³-hybridized carbons (Fsp3) is 0.500. The Morgan fingerprint density at radius 2 is 2.33 bits per heavy atom. The number of halogens is 1. The molecule has 1 fully saturated rings. The zero-order valence-electron chi connectivity index (χ0n) is 10.4. The average molecular weight is 248 g/mol. The van der Waals surface area contributed by atoms with E-state index >= 15 is 0 Å². The van der Waals surface area contributed by atoms with Crippen LogP contribution in [0, 0.1) is 23.1 Å². The standard InChI is InChI=1S/C14H17FN2O/c1-10-4-5-17(9-14(10)18)8-11-2-3-13(15)12(6-11)7-16/h2-3,6,10,14,18H,4-5,8-9H2,1H3. The van der Waals surface area contributed by atoms with Crippen LogP contribution in [-0.4, -0.2) is 29.2 Å². The summed E-state index contributed by atoms with van der Waals surface area (Å²) >= 11 is 0. The van der Waals surface area contributed by atoms with Crippen molar-refractivity contribution in [3.05, 3.63) is 35.1 Å². The van der Waals surface area contributed by atoms with Crippen molar-refractivity contribution in [1.82, 2.24) is 4.90 Å². The maximum atomic E-state index is 13.2. The fourth-order valence-corrected chi connectivity index (χ4v) is 2.27. The summed E-state index contributed by atoms with van der Waals surface area (Å²) in [6, 6.07) is 6.45. The SMILES string of the molecule is CC1CCN(Cc2ccc(F)c(C#N)c2)CC1O. The quantitative estimate of drug-likeness (QED) is 0.869. The van der Waals surface area contributed by atoms with Crippen LogP contribution in [0.4, 0.5) is 4.39 Å². The fourth-order valence-electron chi connectivity index (χ4n) is 2.27. The van der Waals surface area contributed by atoms with E-state index in [2.05, 4.69) is 4.90 Å². The van der Waals surface area contributed by atoms with Crippen LogP contribution < -0.4 is 0 Å². The van der Waals surface area contributed by atoms with Gasteiger partial charge in [-0.05, 0) is 36.6 Å². The minimum absolute atomic E-state index is 0.0819. The number of nitriles is 1. The molecular formula is C14H17FN2O. The molecule has 0 bridgehead atoms. The molecule has 2 rings (SSSR count). The molecule has 0 saturated carbocycles. The van der Waals surface area contributed by atoms with Crippen molar-refractivity contribution in [3.8, 4) is 6.07 Å². The van der Waals surface area contributed by atoms with Gasteiger partial charge in [0.05, 0.1) is 11.7 Å². The largest absolute Gasteiger partial charge is 0.392 e. The number of hydrogen-bond donors (Lipinski definition) is 1. The Bertz CT molecular complexity index is 469. The lowest BCUT2D eigenvalue weighted by Crippen LogP contribution is -2.42. The number of benzene rings is 1. The predicted molar refractivity (Wildman–Crippen MR) is 66.2 cm³/mol. The van der Waals surface area contributed by atoms with Crippen molar-refractivity contribution in [2.45, 2.75) is 26.0 Å². The second kappa shape index (κ2) is 5.47. The van der Waals surface area contributed by atoms with Crippen molar-refractivity contribution in [2.75, 3.05) is 13.1 Å². The van der Waals surface area contributed by atoms with Gasteiger partial charge in [0.1, 0.15) is 11.9 Å². The first kappa shape index (κ1) is 13.0. The number of piperidine rings is 1. The van der Waals surface area contributed by atoms with E-state index in [0.29, 0.717) is 19.0 Å². The van der Waals surface area contributed by atoms with Gasteiger partial charge in [-0.15, -0.1) is 0 Å². The second-order valence-electron chi connectivity index (χ2n) is 4.99. The van der Waals surface area contributed by atoms with Crippen LogP contribution in [0.25, 0.3) is 0 Å². The molecule has 1 aliphatic heterocycles. The van der Waals surface area contributed by atoms with Gasteiger partial charge in [-0.3, -0.25) is 4.90 Å². The first-order chi connectivity index (χ1) is 8.60. The molecule has 18 heavy (non-hydrogen) atoms. The zero-order chi connectivity index (χ0) is 13.1. The van der Waals surface area contributed by atoms with E-state index in [-0.39, 0.29) is 11.7 Å². The molecule has 0 aliphatic carbocycles. The van der Waals surface area contributed by atoms with Crippen LogP contribution in [-0.2, 0) is 6.54 Å². The van der Waals surface area contributed by atoms with Crippen LogP contribution in [0.5, 0.6) is 0 Å². The van der Waals surface area contributed by atoms with Gasteiger partial charge < -0.3 is 5.11 Å². The monoisotopic (exact) mass is 248 g/mol. The number of aliphatic hydroxyl groups excluding tert-OH is 1. The first-order valence-corrected chi connectivity index (χ1v) is 6.19. The molecule has 1 aliphatic rings. The predicted octanol–water partition coefficient (Wildman–Crippen LogP) is 1.90. The van der Waals surface area contributed by atoms with Gasteiger partial charge >= 0.3 is 0 Å². The van der Waals surface area contributed by atoms with Crippen LogP contribution in [0.1, 0.15) is 24.5 Å². The summed E-state index contributed by atoms with van der Waals surface area (Å²) in [4.78, 5) is 2.14. The van der Waals surface area contributed by atoms with E-state index < -0.39 is 5.82 Å². The topological polar surface area (TPSA) is 47.3 Å². The summed E-state index contributed by atoms with van der Waals surface area (Å²) in [5.74, 6) is -0.141. The number of nitrogens with zero attached hydrogens (tertiary/aromatic N) is 2. The van der Waals surface area contributed by atoms with Crippen LogP contribution >= 0.6 is 0 Å². The summed E-state index contributed by atoms with van der Waals surface area (Å²) in [6.07, 6.45) is 0.669. The third kappa shape index (κ3) is 2.87. The highest BCUT2D eigenvalue weighted by Gasteiger charge is 2.24.